The zero-order valence-corrected chi connectivity index (χ0v) is 14.2. The highest BCUT2D eigenvalue weighted by atomic mass is 16.5. The van der Waals surface area contributed by atoms with Gasteiger partial charge in [-0.3, -0.25) is 4.79 Å². The molecule has 1 saturated heterocycles. The van der Waals surface area contributed by atoms with Crippen LogP contribution in [0.3, 0.4) is 0 Å². The van der Waals surface area contributed by atoms with Crippen molar-refractivity contribution in [3.05, 3.63) is 35.4 Å². The normalized spacial score (nSPS) is 33.4. The molecule has 2 saturated carbocycles. The summed E-state index contributed by atoms with van der Waals surface area (Å²) >= 11 is 0. The number of fused-ring (bicyclic) bond motifs is 1. The van der Waals surface area contributed by atoms with Crippen molar-refractivity contribution < 1.29 is 14.3 Å². The molecule has 0 bridgehead atoms. The number of amides is 2. The first-order valence-electron chi connectivity index (χ1n) is 8.73. The minimum Gasteiger partial charge on any atom is -0.453 e. The van der Waals surface area contributed by atoms with Crippen molar-refractivity contribution in [2.45, 2.75) is 37.6 Å². The minimum atomic E-state index is -0.410. The zero-order valence-electron chi connectivity index (χ0n) is 14.2. The van der Waals surface area contributed by atoms with Gasteiger partial charge in [-0.25, -0.2) is 4.79 Å². The molecule has 1 N–H and O–H groups in total. The van der Waals surface area contributed by atoms with Crippen LogP contribution in [0.4, 0.5) is 4.79 Å². The van der Waals surface area contributed by atoms with Crippen LogP contribution in [-0.2, 0) is 14.9 Å². The van der Waals surface area contributed by atoms with Crippen LogP contribution in [0, 0.1) is 18.8 Å². The van der Waals surface area contributed by atoms with Crippen LogP contribution in [0.5, 0.6) is 0 Å². The van der Waals surface area contributed by atoms with Gasteiger partial charge in [-0.05, 0) is 43.2 Å². The zero-order chi connectivity index (χ0) is 16.9. The number of alkyl carbamates (subject to hydrolysis) is 1. The van der Waals surface area contributed by atoms with Gasteiger partial charge in [-0.2, -0.15) is 0 Å². The van der Waals surface area contributed by atoms with E-state index in [1.165, 1.54) is 24.7 Å². The van der Waals surface area contributed by atoms with Crippen LogP contribution in [0.1, 0.15) is 30.4 Å². The van der Waals surface area contributed by atoms with Crippen molar-refractivity contribution in [3.8, 4) is 0 Å². The third-order valence-corrected chi connectivity index (χ3v) is 6.13. The van der Waals surface area contributed by atoms with Crippen LogP contribution < -0.4 is 5.32 Å². The predicted molar refractivity (Wildman–Crippen MR) is 89.6 cm³/mol. The van der Waals surface area contributed by atoms with Crippen LogP contribution >= 0.6 is 0 Å². The Morgan fingerprint density at radius 2 is 2.04 bits per heavy atom. The van der Waals surface area contributed by atoms with Gasteiger partial charge in [-0.1, -0.05) is 24.3 Å². The number of aryl methyl sites for hydroxylation is 1. The van der Waals surface area contributed by atoms with E-state index in [0.717, 1.165) is 25.9 Å². The number of carbonyl (C=O) groups is 2. The molecule has 3 aliphatic rings. The SMILES string of the molecule is COC(=O)NC1CC(C(=O)N2CC3CC3(c3ccccc3C)C2)C1. The molecule has 1 aliphatic heterocycles. The molecule has 1 aromatic carbocycles. The van der Waals surface area contributed by atoms with Gasteiger partial charge >= 0.3 is 6.09 Å². The molecule has 5 heteroatoms. The quantitative estimate of drug-likeness (QED) is 0.926. The number of methoxy groups -OCH3 is 1. The summed E-state index contributed by atoms with van der Waals surface area (Å²) in [5.41, 5.74) is 2.96. The smallest absolute Gasteiger partial charge is 0.407 e. The molecule has 3 fully saturated rings. The van der Waals surface area contributed by atoms with Crippen molar-refractivity contribution in [2.75, 3.05) is 20.2 Å². The minimum absolute atomic E-state index is 0.0542. The first-order valence-corrected chi connectivity index (χ1v) is 8.73. The standard InChI is InChI=1S/C19H24N2O3/c1-12-5-3-4-6-16(12)19-9-14(19)10-21(11-19)17(22)13-7-15(8-13)20-18(23)24-2/h3-6,13-15H,7-11H2,1-2H3,(H,20,23). The van der Waals surface area contributed by atoms with Crippen molar-refractivity contribution in [1.82, 2.24) is 10.2 Å². The fourth-order valence-corrected chi connectivity index (χ4v) is 4.62. The number of hydrogen-bond donors (Lipinski definition) is 1. The Morgan fingerprint density at radius 1 is 1.29 bits per heavy atom. The van der Waals surface area contributed by atoms with E-state index < -0.39 is 6.09 Å². The molecule has 2 atom stereocenters. The molecule has 1 aromatic rings. The fraction of sp³-hybridized carbons (Fsp3) is 0.579. The number of nitrogens with one attached hydrogen (secondary N) is 1. The molecular weight excluding hydrogens is 304 g/mol. The van der Waals surface area contributed by atoms with E-state index in [9.17, 15) is 9.59 Å². The molecule has 0 spiro atoms. The molecule has 24 heavy (non-hydrogen) atoms. The van der Waals surface area contributed by atoms with Crippen LogP contribution in [0.25, 0.3) is 0 Å². The summed E-state index contributed by atoms with van der Waals surface area (Å²) in [5, 5.41) is 2.77. The first kappa shape index (κ1) is 15.5. The molecule has 0 aromatic heterocycles. The fourth-order valence-electron chi connectivity index (χ4n) is 4.62. The number of piperidine rings is 1. The van der Waals surface area contributed by atoms with Gasteiger partial charge in [0.05, 0.1) is 7.11 Å². The second kappa shape index (κ2) is 5.50. The summed E-state index contributed by atoms with van der Waals surface area (Å²) < 4.78 is 4.60. The number of likely N-dealkylation sites (tertiary alicyclic amines) is 1. The van der Waals surface area contributed by atoms with Crippen LogP contribution in [0.2, 0.25) is 0 Å². The number of carbonyl (C=O) groups excluding carboxylic acids is 2. The van der Waals surface area contributed by atoms with Gasteiger partial charge in [0.1, 0.15) is 0 Å². The van der Waals surface area contributed by atoms with Gasteiger partial charge < -0.3 is 15.0 Å². The maximum absolute atomic E-state index is 12.7. The second-order valence-electron chi connectivity index (χ2n) is 7.59. The third-order valence-electron chi connectivity index (χ3n) is 6.13. The Labute approximate surface area is 142 Å². The molecule has 2 aliphatic carbocycles. The van der Waals surface area contributed by atoms with Crippen LogP contribution in [-0.4, -0.2) is 43.1 Å². The number of rotatable bonds is 3. The lowest BCUT2D eigenvalue weighted by Crippen LogP contribution is -2.50. The van der Waals surface area contributed by atoms with Gasteiger partial charge in [0.25, 0.3) is 0 Å². The van der Waals surface area contributed by atoms with Gasteiger partial charge in [-0.15, -0.1) is 0 Å². The van der Waals surface area contributed by atoms with E-state index >= 15 is 0 Å². The summed E-state index contributed by atoms with van der Waals surface area (Å²) in [7, 11) is 1.36. The molecule has 2 amide bonds. The Hall–Kier alpha value is -2.04. The van der Waals surface area contributed by atoms with Crippen molar-refractivity contribution in [1.29, 1.82) is 0 Å². The number of hydrogen-bond acceptors (Lipinski definition) is 3. The summed E-state index contributed by atoms with van der Waals surface area (Å²) in [6, 6.07) is 8.65. The maximum Gasteiger partial charge on any atom is 0.407 e. The van der Waals surface area contributed by atoms with Crippen molar-refractivity contribution in [2.24, 2.45) is 11.8 Å². The van der Waals surface area contributed by atoms with E-state index in [-0.39, 0.29) is 23.3 Å². The lowest BCUT2D eigenvalue weighted by molar-refractivity contribution is -0.138. The Bertz CT molecular complexity index is 683. The molecule has 2 unspecified atom stereocenters. The first-order chi connectivity index (χ1) is 11.5. The second-order valence-corrected chi connectivity index (χ2v) is 7.59. The largest absolute Gasteiger partial charge is 0.453 e. The summed E-state index contributed by atoms with van der Waals surface area (Å²) in [6.07, 6.45) is 2.25. The van der Waals surface area contributed by atoms with Crippen LogP contribution in [0.15, 0.2) is 24.3 Å². The molecule has 5 nitrogen and oxygen atoms in total. The van der Waals surface area contributed by atoms with E-state index in [4.69, 9.17) is 0 Å². The molecule has 128 valence electrons. The highest BCUT2D eigenvalue weighted by Crippen LogP contribution is 2.60. The number of ether oxygens (including phenoxy) is 1. The summed E-state index contributed by atoms with van der Waals surface area (Å²) in [5.74, 6) is 0.934. The summed E-state index contributed by atoms with van der Waals surface area (Å²) in [6.45, 7) is 3.91. The maximum atomic E-state index is 12.7. The average Bonchev–Trinajstić information content (AvgIpc) is 3.11. The van der Waals surface area contributed by atoms with Crippen molar-refractivity contribution in [3.63, 3.8) is 0 Å². The lowest BCUT2D eigenvalue weighted by Gasteiger charge is -2.37. The Balaban J connectivity index is 1.36. The van der Waals surface area contributed by atoms with E-state index in [0.29, 0.717) is 5.92 Å². The van der Waals surface area contributed by atoms with Gasteiger partial charge in [0.2, 0.25) is 5.91 Å². The van der Waals surface area contributed by atoms with E-state index in [2.05, 4.69) is 46.1 Å². The molecule has 1 heterocycles. The van der Waals surface area contributed by atoms with Gasteiger partial charge in [0.15, 0.2) is 0 Å². The predicted octanol–water partition coefficient (Wildman–Crippen LogP) is 2.23. The highest BCUT2D eigenvalue weighted by Gasteiger charge is 2.62. The molecule has 4 rings (SSSR count). The van der Waals surface area contributed by atoms with Crippen molar-refractivity contribution >= 4 is 12.0 Å². The monoisotopic (exact) mass is 328 g/mol. The third kappa shape index (κ3) is 2.38. The Kier molecular flexibility index (Phi) is 3.55. The summed E-state index contributed by atoms with van der Waals surface area (Å²) in [4.78, 5) is 26.0. The Morgan fingerprint density at radius 3 is 2.75 bits per heavy atom. The highest BCUT2D eigenvalue weighted by molar-refractivity contribution is 5.81. The van der Waals surface area contributed by atoms with E-state index in [1.807, 2.05) is 0 Å². The van der Waals surface area contributed by atoms with Gasteiger partial charge in [0, 0.05) is 30.5 Å². The molecular formula is C19H24N2O3. The topological polar surface area (TPSA) is 58.6 Å². The molecule has 0 radical (unpaired) electrons. The average molecular weight is 328 g/mol. The van der Waals surface area contributed by atoms with E-state index in [1.54, 1.807) is 0 Å². The number of nitrogens with zero attached hydrogens (tertiary/aromatic N) is 1. The number of benzene rings is 1. The lowest BCUT2D eigenvalue weighted by atomic mass is 9.79.